The molecule has 2 N–H and O–H groups in total. The number of likely N-dealkylation sites (N-methyl/N-ethyl adjacent to an activating group) is 1. The van der Waals surface area contributed by atoms with Gasteiger partial charge >= 0.3 is 6.18 Å². The Morgan fingerprint density at radius 2 is 1.80 bits per heavy atom. The van der Waals surface area contributed by atoms with Gasteiger partial charge in [-0.15, -0.1) is 0 Å². The van der Waals surface area contributed by atoms with Crippen molar-refractivity contribution < 1.29 is 27.2 Å². The van der Waals surface area contributed by atoms with E-state index in [1.54, 1.807) is 29.2 Å². The summed E-state index contributed by atoms with van der Waals surface area (Å²) in [5.41, 5.74) is 1.54. The van der Waals surface area contributed by atoms with Gasteiger partial charge in [0, 0.05) is 57.4 Å². The molecule has 2 fully saturated rings. The Labute approximate surface area is 242 Å². The molecule has 1 atom stereocenters. The number of nitrogens with zero attached hydrogens (tertiary/aromatic N) is 3. The Balaban J connectivity index is 1.38. The highest BCUT2D eigenvalue weighted by atomic mass is 35.5. The fraction of sp³-hybridized carbons (Fsp3) is 0.517. The minimum Gasteiger partial charge on any atom is -0.367 e. The van der Waals surface area contributed by atoms with Crippen molar-refractivity contribution in [2.75, 3.05) is 56.0 Å². The molecular formula is C29H36ClF4N5O2. The average Bonchev–Trinajstić information content (AvgIpc) is 3.12. The van der Waals surface area contributed by atoms with E-state index in [1.165, 1.54) is 12.1 Å². The highest BCUT2D eigenvalue weighted by Crippen LogP contribution is 2.31. The molecule has 0 radical (unpaired) electrons. The van der Waals surface area contributed by atoms with E-state index in [0.717, 1.165) is 25.8 Å². The van der Waals surface area contributed by atoms with Gasteiger partial charge in [-0.3, -0.25) is 14.5 Å². The summed E-state index contributed by atoms with van der Waals surface area (Å²) in [4.78, 5) is 31.3. The normalized spacial score (nSPS) is 18.9. The molecule has 4 rings (SSSR count). The van der Waals surface area contributed by atoms with Gasteiger partial charge in [0.1, 0.15) is 5.82 Å². The zero-order chi connectivity index (χ0) is 29.6. The van der Waals surface area contributed by atoms with Crippen LogP contribution in [0.3, 0.4) is 0 Å². The van der Waals surface area contributed by atoms with Gasteiger partial charge in [0.2, 0.25) is 5.91 Å². The van der Waals surface area contributed by atoms with Crippen molar-refractivity contribution in [3.8, 4) is 0 Å². The summed E-state index contributed by atoms with van der Waals surface area (Å²) in [6.07, 6.45) is -2.43. The standard InChI is InChI=1S/C29H36ClF4N5O2/c1-2-38-11-4-3-5-25(28(38)41)35-19-20-6-8-22(23(31)17-20)27(40)36-24-9-7-21(30)18-26(24)39-15-13-37(14-16-39)12-10-29(32,33)34/h6-9,17-18,25,35H,2-5,10-16,19H2,1H3,(H,36,40). The molecular weight excluding hydrogens is 562 g/mol. The van der Waals surface area contributed by atoms with Crippen LogP contribution >= 0.6 is 11.6 Å². The topological polar surface area (TPSA) is 67.9 Å². The molecule has 0 bridgehead atoms. The van der Waals surface area contributed by atoms with Crippen molar-refractivity contribution in [2.24, 2.45) is 0 Å². The molecule has 2 aromatic carbocycles. The number of amides is 2. The molecule has 0 spiro atoms. The van der Waals surface area contributed by atoms with Gasteiger partial charge in [-0.1, -0.05) is 17.7 Å². The lowest BCUT2D eigenvalue weighted by Crippen LogP contribution is -2.47. The van der Waals surface area contributed by atoms with Crippen molar-refractivity contribution in [1.29, 1.82) is 0 Å². The molecule has 2 aliphatic rings. The molecule has 0 aliphatic carbocycles. The number of carbonyl (C=O) groups is 2. The molecule has 2 aromatic rings. The number of anilines is 2. The van der Waals surface area contributed by atoms with Crippen LogP contribution in [0.25, 0.3) is 0 Å². The zero-order valence-electron chi connectivity index (χ0n) is 23.1. The Bertz CT molecular complexity index is 1220. The molecule has 1 unspecified atom stereocenters. The first-order chi connectivity index (χ1) is 19.5. The van der Waals surface area contributed by atoms with E-state index in [9.17, 15) is 22.8 Å². The van der Waals surface area contributed by atoms with Crippen LogP contribution in [0.15, 0.2) is 36.4 Å². The van der Waals surface area contributed by atoms with E-state index in [0.29, 0.717) is 61.2 Å². The molecule has 224 valence electrons. The lowest BCUT2D eigenvalue weighted by atomic mass is 10.1. The average molecular weight is 598 g/mol. The third-order valence-corrected chi connectivity index (χ3v) is 7.86. The largest absolute Gasteiger partial charge is 0.390 e. The van der Waals surface area contributed by atoms with Gasteiger partial charge in [0.05, 0.1) is 29.4 Å². The van der Waals surface area contributed by atoms with Crippen LogP contribution in [-0.2, 0) is 11.3 Å². The number of carbonyl (C=O) groups excluding carboxylic acids is 2. The maximum absolute atomic E-state index is 15.1. The summed E-state index contributed by atoms with van der Waals surface area (Å²) in [5, 5.41) is 6.45. The van der Waals surface area contributed by atoms with E-state index in [1.807, 2.05) is 16.7 Å². The van der Waals surface area contributed by atoms with Crippen molar-refractivity contribution >= 4 is 34.8 Å². The van der Waals surface area contributed by atoms with Gasteiger partial charge in [0.25, 0.3) is 5.91 Å². The third kappa shape index (κ3) is 8.56. The molecule has 0 saturated carbocycles. The van der Waals surface area contributed by atoms with Crippen LogP contribution in [0.1, 0.15) is 48.5 Å². The number of hydrogen-bond acceptors (Lipinski definition) is 5. The number of piperazine rings is 1. The van der Waals surface area contributed by atoms with Gasteiger partial charge in [0.15, 0.2) is 0 Å². The molecule has 2 heterocycles. The second-order valence-electron chi connectivity index (χ2n) is 10.5. The summed E-state index contributed by atoms with van der Waals surface area (Å²) in [5.74, 6) is -1.26. The SMILES string of the molecule is CCN1CCCCC(NCc2ccc(C(=O)Nc3ccc(Cl)cc3N3CCN(CCC(F)(F)F)CC3)c(F)c2)C1=O. The molecule has 2 saturated heterocycles. The molecule has 0 aromatic heterocycles. The third-order valence-electron chi connectivity index (χ3n) is 7.63. The van der Waals surface area contributed by atoms with Gasteiger partial charge in [-0.2, -0.15) is 13.2 Å². The number of hydrogen-bond donors (Lipinski definition) is 2. The van der Waals surface area contributed by atoms with Crippen LogP contribution < -0.4 is 15.5 Å². The van der Waals surface area contributed by atoms with Crippen LogP contribution in [0.2, 0.25) is 5.02 Å². The van der Waals surface area contributed by atoms with E-state index >= 15 is 4.39 Å². The molecule has 41 heavy (non-hydrogen) atoms. The fourth-order valence-electron chi connectivity index (χ4n) is 5.26. The lowest BCUT2D eigenvalue weighted by Gasteiger charge is -2.37. The predicted molar refractivity (Wildman–Crippen MR) is 152 cm³/mol. The highest BCUT2D eigenvalue weighted by molar-refractivity contribution is 6.31. The Morgan fingerprint density at radius 1 is 1.05 bits per heavy atom. The molecule has 12 heteroatoms. The Hall–Kier alpha value is -2.89. The van der Waals surface area contributed by atoms with Crippen LogP contribution in [0.5, 0.6) is 0 Å². The van der Waals surface area contributed by atoms with Crippen LogP contribution in [-0.4, -0.2) is 79.6 Å². The number of likely N-dealkylation sites (tertiary alicyclic amines) is 1. The first-order valence-electron chi connectivity index (χ1n) is 14.0. The smallest absolute Gasteiger partial charge is 0.367 e. The van der Waals surface area contributed by atoms with E-state index in [-0.39, 0.29) is 24.1 Å². The Morgan fingerprint density at radius 3 is 2.49 bits per heavy atom. The van der Waals surface area contributed by atoms with Crippen LogP contribution in [0, 0.1) is 5.82 Å². The number of alkyl halides is 3. The van der Waals surface area contributed by atoms with Crippen molar-refractivity contribution in [2.45, 2.75) is 51.4 Å². The summed E-state index contributed by atoms with van der Waals surface area (Å²) >= 11 is 6.22. The molecule has 2 amide bonds. The number of benzene rings is 2. The van der Waals surface area contributed by atoms with Crippen molar-refractivity contribution in [1.82, 2.24) is 15.1 Å². The number of nitrogens with one attached hydrogen (secondary N) is 2. The fourth-order valence-corrected chi connectivity index (χ4v) is 5.43. The van der Waals surface area contributed by atoms with Crippen LogP contribution in [0.4, 0.5) is 28.9 Å². The second kappa shape index (κ2) is 13.8. The minimum atomic E-state index is -4.20. The highest BCUT2D eigenvalue weighted by Gasteiger charge is 2.29. The maximum Gasteiger partial charge on any atom is 0.390 e. The predicted octanol–water partition coefficient (Wildman–Crippen LogP) is 5.30. The van der Waals surface area contributed by atoms with E-state index < -0.39 is 24.3 Å². The Kier molecular flexibility index (Phi) is 10.5. The minimum absolute atomic E-state index is 0.0583. The summed E-state index contributed by atoms with van der Waals surface area (Å²) in [6, 6.07) is 8.98. The van der Waals surface area contributed by atoms with E-state index in [2.05, 4.69) is 10.6 Å². The number of rotatable bonds is 9. The number of halogens is 5. The second-order valence-corrected chi connectivity index (χ2v) is 10.9. The first-order valence-corrected chi connectivity index (χ1v) is 14.4. The van der Waals surface area contributed by atoms with Gasteiger partial charge in [-0.05, 0) is 62.1 Å². The van der Waals surface area contributed by atoms with E-state index in [4.69, 9.17) is 11.6 Å². The van der Waals surface area contributed by atoms with Crippen molar-refractivity contribution in [3.63, 3.8) is 0 Å². The van der Waals surface area contributed by atoms with Crippen molar-refractivity contribution in [3.05, 3.63) is 58.4 Å². The summed E-state index contributed by atoms with van der Waals surface area (Å²) < 4.78 is 52.8. The monoisotopic (exact) mass is 597 g/mol. The summed E-state index contributed by atoms with van der Waals surface area (Å²) in [7, 11) is 0. The van der Waals surface area contributed by atoms with Gasteiger partial charge in [-0.25, -0.2) is 4.39 Å². The lowest BCUT2D eigenvalue weighted by molar-refractivity contribution is -0.138. The summed E-state index contributed by atoms with van der Waals surface area (Å²) in [6.45, 7) is 5.37. The zero-order valence-corrected chi connectivity index (χ0v) is 23.8. The maximum atomic E-state index is 15.1. The molecule has 7 nitrogen and oxygen atoms in total. The quantitative estimate of drug-likeness (QED) is 0.384. The first kappa shape index (κ1) is 31.1. The molecule has 2 aliphatic heterocycles. The van der Waals surface area contributed by atoms with Gasteiger partial charge < -0.3 is 20.4 Å².